The summed E-state index contributed by atoms with van der Waals surface area (Å²) < 4.78 is 5.47. The zero-order valence-electron chi connectivity index (χ0n) is 9.22. The van der Waals surface area contributed by atoms with E-state index in [2.05, 4.69) is 13.8 Å². The van der Waals surface area contributed by atoms with E-state index in [1.807, 2.05) is 0 Å². The topological polar surface area (TPSA) is 35.2 Å². The van der Waals surface area contributed by atoms with Crippen molar-refractivity contribution in [3.63, 3.8) is 0 Å². The van der Waals surface area contributed by atoms with Crippen molar-refractivity contribution in [2.75, 3.05) is 13.2 Å². The minimum absolute atomic E-state index is 0.246. The fraction of sp³-hybridized carbons (Fsp3) is 1.00. The summed E-state index contributed by atoms with van der Waals surface area (Å²) in [6.45, 7) is 6.00. The van der Waals surface area contributed by atoms with E-state index in [1.54, 1.807) is 0 Å². The van der Waals surface area contributed by atoms with Crippen LogP contribution in [0.25, 0.3) is 0 Å². The van der Waals surface area contributed by atoms with Crippen LogP contribution in [0.5, 0.6) is 0 Å². The molecule has 0 aliphatic heterocycles. The van der Waals surface area contributed by atoms with Crippen LogP contribution in [-0.4, -0.2) is 19.3 Å². The van der Waals surface area contributed by atoms with E-state index in [4.69, 9.17) is 10.5 Å². The summed E-state index contributed by atoms with van der Waals surface area (Å²) in [5.41, 5.74) is 5.80. The Labute approximate surface area is 82.8 Å². The summed E-state index contributed by atoms with van der Waals surface area (Å²) >= 11 is 0. The van der Waals surface area contributed by atoms with Crippen LogP contribution >= 0.6 is 0 Å². The number of unbranched alkanes of at least 4 members (excludes halogenated alkanes) is 3. The van der Waals surface area contributed by atoms with Crippen molar-refractivity contribution in [2.24, 2.45) is 5.73 Å². The van der Waals surface area contributed by atoms with E-state index in [9.17, 15) is 0 Å². The molecule has 0 radical (unpaired) electrons. The first kappa shape index (κ1) is 12.9. The molecule has 0 aromatic heterocycles. The predicted molar refractivity (Wildman–Crippen MR) is 57.8 cm³/mol. The molecule has 1 unspecified atom stereocenters. The van der Waals surface area contributed by atoms with Gasteiger partial charge in [0.2, 0.25) is 0 Å². The Balaban J connectivity index is 2.97. The minimum atomic E-state index is 0.246. The molecule has 0 spiro atoms. The van der Waals surface area contributed by atoms with Gasteiger partial charge >= 0.3 is 0 Å². The summed E-state index contributed by atoms with van der Waals surface area (Å²) in [5, 5.41) is 0. The SMILES string of the molecule is CCCCCCOCC(N)CCC. The van der Waals surface area contributed by atoms with Crippen molar-refractivity contribution in [2.45, 2.75) is 58.4 Å². The zero-order valence-corrected chi connectivity index (χ0v) is 9.22. The molecule has 0 heterocycles. The third-order valence-corrected chi connectivity index (χ3v) is 2.13. The van der Waals surface area contributed by atoms with Gasteiger partial charge in [0.15, 0.2) is 0 Å². The summed E-state index contributed by atoms with van der Waals surface area (Å²) in [6, 6.07) is 0.246. The van der Waals surface area contributed by atoms with Crippen molar-refractivity contribution in [3.05, 3.63) is 0 Å². The monoisotopic (exact) mass is 187 g/mol. The standard InChI is InChI=1S/C11H25NO/c1-3-5-6-7-9-13-10-11(12)8-4-2/h11H,3-10,12H2,1-2H3. The van der Waals surface area contributed by atoms with Crippen molar-refractivity contribution >= 4 is 0 Å². The van der Waals surface area contributed by atoms with Gasteiger partial charge in [0, 0.05) is 12.6 Å². The summed E-state index contributed by atoms with van der Waals surface area (Å²) in [7, 11) is 0. The molecular formula is C11H25NO. The molecule has 0 saturated heterocycles. The minimum Gasteiger partial charge on any atom is -0.380 e. The molecule has 2 nitrogen and oxygen atoms in total. The van der Waals surface area contributed by atoms with E-state index in [0.29, 0.717) is 0 Å². The molecule has 0 fully saturated rings. The quantitative estimate of drug-likeness (QED) is 0.563. The van der Waals surface area contributed by atoms with E-state index < -0.39 is 0 Å². The predicted octanol–water partition coefficient (Wildman–Crippen LogP) is 2.71. The Morgan fingerprint density at radius 3 is 2.46 bits per heavy atom. The maximum Gasteiger partial charge on any atom is 0.0617 e. The highest BCUT2D eigenvalue weighted by Crippen LogP contribution is 2.00. The number of rotatable bonds is 9. The fourth-order valence-electron chi connectivity index (χ4n) is 1.32. The van der Waals surface area contributed by atoms with Gasteiger partial charge in [-0.15, -0.1) is 0 Å². The molecule has 0 amide bonds. The second-order valence-electron chi connectivity index (χ2n) is 3.68. The number of nitrogens with two attached hydrogens (primary N) is 1. The average molecular weight is 187 g/mol. The lowest BCUT2D eigenvalue weighted by Crippen LogP contribution is -2.26. The summed E-state index contributed by atoms with van der Waals surface area (Å²) in [4.78, 5) is 0. The van der Waals surface area contributed by atoms with Crippen LogP contribution in [0.1, 0.15) is 52.4 Å². The lowest BCUT2D eigenvalue weighted by atomic mass is 10.2. The smallest absolute Gasteiger partial charge is 0.0617 e. The van der Waals surface area contributed by atoms with Gasteiger partial charge in [0.25, 0.3) is 0 Å². The largest absolute Gasteiger partial charge is 0.380 e. The summed E-state index contributed by atoms with van der Waals surface area (Å²) in [6.07, 6.45) is 7.32. The maximum atomic E-state index is 5.80. The van der Waals surface area contributed by atoms with Gasteiger partial charge in [-0.2, -0.15) is 0 Å². The number of hydrogen-bond acceptors (Lipinski definition) is 2. The molecule has 0 rings (SSSR count). The molecule has 0 bridgehead atoms. The molecule has 13 heavy (non-hydrogen) atoms. The van der Waals surface area contributed by atoms with Crippen LogP contribution < -0.4 is 5.73 Å². The van der Waals surface area contributed by atoms with Crippen LogP contribution in [0.3, 0.4) is 0 Å². The van der Waals surface area contributed by atoms with E-state index in [0.717, 1.165) is 26.1 Å². The Morgan fingerprint density at radius 1 is 1.08 bits per heavy atom. The van der Waals surface area contributed by atoms with Crippen molar-refractivity contribution < 1.29 is 4.74 Å². The highest BCUT2D eigenvalue weighted by Gasteiger charge is 1.99. The first-order valence-electron chi connectivity index (χ1n) is 5.64. The van der Waals surface area contributed by atoms with Crippen LogP contribution in [0, 0.1) is 0 Å². The molecule has 2 N–H and O–H groups in total. The van der Waals surface area contributed by atoms with Gasteiger partial charge in [-0.25, -0.2) is 0 Å². The zero-order chi connectivity index (χ0) is 9.94. The molecule has 0 aliphatic rings. The van der Waals surface area contributed by atoms with Gasteiger partial charge in [-0.3, -0.25) is 0 Å². The highest BCUT2D eigenvalue weighted by atomic mass is 16.5. The highest BCUT2D eigenvalue weighted by molar-refractivity contribution is 4.57. The van der Waals surface area contributed by atoms with Gasteiger partial charge < -0.3 is 10.5 Å². The summed E-state index contributed by atoms with van der Waals surface area (Å²) in [5.74, 6) is 0. The van der Waals surface area contributed by atoms with Crippen LogP contribution in [0.15, 0.2) is 0 Å². The first-order chi connectivity index (χ1) is 6.31. The van der Waals surface area contributed by atoms with Gasteiger partial charge in [0.05, 0.1) is 6.61 Å². The second-order valence-corrected chi connectivity index (χ2v) is 3.68. The Morgan fingerprint density at radius 2 is 1.85 bits per heavy atom. The molecular weight excluding hydrogens is 162 g/mol. The third-order valence-electron chi connectivity index (χ3n) is 2.13. The lowest BCUT2D eigenvalue weighted by Gasteiger charge is -2.10. The van der Waals surface area contributed by atoms with Crippen molar-refractivity contribution in [3.8, 4) is 0 Å². The number of ether oxygens (including phenoxy) is 1. The van der Waals surface area contributed by atoms with E-state index in [1.165, 1.54) is 25.7 Å². The molecule has 0 aliphatic carbocycles. The first-order valence-corrected chi connectivity index (χ1v) is 5.64. The van der Waals surface area contributed by atoms with E-state index >= 15 is 0 Å². The van der Waals surface area contributed by atoms with Crippen molar-refractivity contribution in [1.82, 2.24) is 0 Å². The second kappa shape index (κ2) is 10.0. The molecule has 0 aromatic rings. The average Bonchev–Trinajstić information content (AvgIpc) is 2.11. The van der Waals surface area contributed by atoms with Crippen LogP contribution in [-0.2, 0) is 4.74 Å². The van der Waals surface area contributed by atoms with Gasteiger partial charge in [-0.05, 0) is 12.8 Å². The van der Waals surface area contributed by atoms with Gasteiger partial charge in [0.1, 0.15) is 0 Å². The molecule has 80 valence electrons. The van der Waals surface area contributed by atoms with Gasteiger partial charge in [-0.1, -0.05) is 39.5 Å². The number of hydrogen-bond donors (Lipinski definition) is 1. The maximum absolute atomic E-state index is 5.80. The van der Waals surface area contributed by atoms with Crippen LogP contribution in [0.4, 0.5) is 0 Å². The molecule has 2 heteroatoms. The van der Waals surface area contributed by atoms with Crippen molar-refractivity contribution in [1.29, 1.82) is 0 Å². The Bertz CT molecular complexity index is 96.1. The van der Waals surface area contributed by atoms with Crippen LogP contribution in [0.2, 0.25) is 0 Å². The Kier molecular flexibility index (Phi) is 9.94. The van der Waals surface area contributed by atoms with E-state index in [-0.39, 0.29) is 6.04 Å². The molecule has 0 saturated carbocycles. The lowest BCUT2D eigenvalue weighted by molar-refractivity contribution is 0.115. The normalized spacial score (nSPS) is 13.2. The fourth-order valence-corrected chi connectivity index (χ4v) is 1.32. The molecule has 1 atom stereocenters. The molecule has 0 aromatic carbocycles. The third kappa shape index (κ3) is 9.84. The Hall–Kier alpha value is -0.0800.